The topological polar surface area (TPSA) is 64.3 Å². The van der Waals surface area contributed by atoms with Crippen LogP contribution in [0.15, 0.2) is 78.9 Å². The fraction of sp³-hybridized carbons (Fsp3) is 0.174. The minimum absolute atomic E-state index is 0.188. The maximum Gasteiger partial charge on any atom is 0.356 e. The van der Waals surface area contributed by atoms with Crippen molar-refractivity contribution in [2.45, 2.75) is 19.2 Å². The van der Waals surface area contributed by atoms with Crippen LogP contribution in [-0.2, 0) is 13.1 Å². The van der Waals surface area contributed by atoms with Crippen LogP contribution in [0.4, 0.5) is 5.95 Å². The van der Waals surface area contributed by atoms with Gasteiger partial charge in [0.05, 0.1) is 6.54 Å². The van der Waals surface area contributed by atoms with E-state index < -0.39 is 6.10 Å². The molecule has 29 heavy (non-hydrogen) atoms. The van der Waals surface area contributed by atoms with Crippen LogP contribution in [0.25, 0.3) is 11.0 Å². The molecule has 1 aromatic heterocycles. The zero-order valence-electron chi connectivity index (χ0n) is 15.9. The Morgan fingerprint density at radius 3 is 2.41 bits per heavy atom. The summed E-state index contributed by atoms with van der Waals surface area (Å²) in [6.45, 7) is 1.15. The monoisotopic (exact) mass is 408 g/mol. The van der Waals surface area contributed by atoms with Crippen LogP contribution in [0, 0.1) is 0 Å². The summed E-state index contributed by atoms with van der Waals surface area (Å²) in [5.74, 6) is 1.31. The quantitative estimate of drug-likeness (QED) is 0.459. The van der Waals surface area contributed by atoms with E-state index in [1.807, 2.05) is 88.0 Å². The highest BCUT2D eigenvalue weighted by Crippen LogP contribution is 2.19. The van der Waals surface area contributed by atoms with Gasteiger partial charge in [0.2, 0.25) is 0 Å². The minimum atomic E-state index is -0.697. The van der Waals surface area contributed by atoms with Gasteiger partial charge in [0, 0.05) is 5.02 Å². The van der Waals surface area contributed by atoms with E-state index >= 15 is 0 Å². The van der Waals surface area contributed by atoms with E-state index in [2.05, 4.69) is 0 Å². The summed E-state index contributed by atoms with van der Waals surface area (Å²) in [5, 5.41) is 11.3. The number of aromatic nitrogens is 2. The van der Waals surface area contributed by atoms with Crippen molar-refractivity contribution in [3.8, 4) is 5.75 Å². The van der Waals surface area contributed by atoms with Gasteiger partial charge in [-0.1, -0.05) is 54.1 Å². The number of halogens is 1. The van der Waals surface area contributed by atoms with Crippen LogP contribution in [0.5, 0.6) is 5.75 Å². The van der Waals surface area contributed by atoms with E-state index in [0.717, 1.165) is 22.3 Å². The molecule has 0 radical (unpaired) electrons. The fourth-order valence-electron chi connectivity index (χ4n) is 3.42. The largest absolute Gasteiger partial charge is 0.491 e. The minimum Gasteiger partial charge on any atom is -0.491 e. The molecule has 0 saturated carbocycles. The lowest BCUT2D eigenvalue weighted by Crippen LogP contribution is -2.37. The van der Waals surface area contributed by atoms with Gasteiger partial charge in [-0.2, -0.15) is 0 Å². The van der Waals surface area contributed by atoms with Gasteiger partial charge in [0.25, 0.3) is 0 Å². The summed E-state index contributed by atoms with van der Waals surface area (Å²) in [6.07, 6.45) is -0.697. The smallest absolute Gasteiger partial charge is 0.356 e. The first-order valence-corrected chi connectivity index (χ1v) is 9.86. The molecule has 4 aromatic rings. The first-order chi connectivity index (χ1) is 14.1. The van der Waals surface area contributed by atoms with E-state index in [1.165, 1.54) is 0 Å². The van der Waals surface area contributed by atoms with Crippen molar-refractivity contribution in [3.05, 3.63) is 89.4 Å². The van der Waals surface area contributed by atoms with E-state index in [-0.39, 0.29) is 6.61 Å². The first kappa shape index (κ1) is 19.3. The molecule has 3 aromatic carbocycles. The molecule has 0 aliphatic carbocycles. The molecular weight excluding hydrogens is 386 g/mol. The molecule has 0 amide bonds. The summed E-state index contributed by atoms with van der Waals surface area (Å²) in [7, 11) is 0. The molecule has 0 aliphatic rings. The lowest BCUT2D eigenvalue weighted by Gasteiger charge is -2.12. The highest BCUT2D eigenvalue weighted by Gasteiger charge is 2.23. The Kier molecular flexibility index (Phi) is 5.69. The number of imidazole rings is 1. The van der Waals surface area contributed by atoms with E-state index in [0.29, 0.717) is 24.1 Å². The molecule has 0 bridgehead atoms. The Morgan fingerprint density at radius 2 is 1.66 bits per heavy atom. The van der Waals surface area contributed by atoms with Crippen molar-refractivity contribution in [2.75, 3.05) is 12.3 Å². The molecule has 1 heterocycles. The van der Waals surface area contributed by atoms with Gasteiger partial charge in [0.15, 0.2) is 0 Å². The molecule has 4 rings (SSSR count). The Labute approximate surface area is 174 Å². The number of para-hydroxylation sites is 3. The predicted molar refractivity (Wildman–Crippen MR) is 115 cm³/mol. The van der Waals surface area contributed by atoms with Crippen molar-refractivity contribution in [2.24, 2.45) is 0 Å². The predicted octanol–water partition coefficient (Wildman–Crippen LogP) is 3.65. The third-order valence-corrected chi connectivity index (χ3v) is 5.10. The molecule has 0 saturated heterocycles. The summed E-state index contributed by atoms with van der Waals surface area (Å²) in [6, 6.07) is 25.2. The number of nitrogen functional groups attached to an aromatic ring is 1. The van der Waals surface area contributed by atoms with Crippen LogP contribution in [0.1, 0.15) is 5.56 Å². The summed E-state index contributed by atoms with van der Waals surface area (Å²) in [4.78, 5) is 0. The lowest BCUT2D eigenvalue weighted by molar-refractivity contribution is -0.648. The van der Waals surface area contributed by atoms with Crippen LogP contribution in [-0.4, -0.2) is 22.4 Å². The maximum absolute atomic E-state index is 10.6. The van der Waals surface area contributed by atoms with E-state index in [1.54, 1.807) is 0 Å². The number of aliphatic hydroxyl groups is 1. The van der Waals surface area contributed by atoms with Gasteiger partial charge < -0.3 is 9.84 Å². The van der Waals surface area contributed by atoms with Gasteiger partial charge in [-0.3, -0.25) is 5.73 Å². The normalized spacial score (nSPS) is 12.2. The van der Waals surface area contributed by atoms with Gasteiger partial charge in [-0.25, -0.2) is 9.13 Å². The molecule has 1 unspecified atom stereocenters. The molecule has 0 spiro atoms. The van der Waals surface area contributed by atoms with Crippen molar-refractivity contribution >= 4 is 28.6 Å². The maximum atomic E-state index is 10.6. The number of anilines is 1. The second-order valence-electron chi connectivity index (χ2n) is 6.95. The SMILES string of the molecule is Nc1n(CC(O)COc2ccccc2)c2ccccc2[n+]1Cc1ccc(Cl)cc1. The van der Waals surface area contributed by atoms with Crippen molar-refractivity contribution < 1.29 is 14.4 Å². The molecule has 3 N–H and O–H groups in total. The number of nitrogens with zero attached hydrogens (tertiary/aromatic N) is 2. The lowest BCUT2D eigenvalue weighted by atomic mass is 10.2. The molecule has 6 heteroatoms. The van der Waals surface area contributed by atoms with Crippen LogP contribution in [0.2, 0.25) is 5.02 Å². The average Bonchev–Trinajstić information content (AvgIpc) is 3.00. The number of aliphatic hydroxyl groups excluding tert-OH is 1. The van der Waals surface area contributed by atoms with Gasteiger partial charge in [0.1, 0.15) is 36.0 Å². The molecule has 0 aliphatic heterocycles. The number of ether oxygens (including phenoxy) is 1. The van der Waals surface area contributed by atoms with Gasteiger partial charge >= 0.3 is 5.95 Å². The second-order valence-corrected chi connectivity index (χ2v) is 7.38. The van der Waals surface area contributed by atoms with Crippen molar-refractivity contribution in [3.63, 3.8) is 0 Å². The zero-order valence-corrected chi connectivity index (χ0v) is 16.7. The summed E-state index contributed by atoms with van der Waals surface area (Å²) in [5.41, 5.74) is 9.58. The third kappa shape index (κ3) is 4.36. The molecular formula is C23H23ClN3O2+. The molecule has 5 nitrogen and oxygen atoms in total. The Bertz CT molecular complexity index is 1090. The van der Waals surface area contributed by atoms with Crippen molar-refractivity contribution in [1.82, 2.24) is 4.57 Å². The molecule has 0 fully saturated rings. The first-order valence-electron chi connectivity index (χ1n) is 9.48. The molecule has 148 valence electrons. The number of rotatable bonds is 7. The van der Waals surface area contributed by atoms with Crippen LogP contribution < -0.4 is 15.0 Å². The van der Waals surface area contributed by atoms with Crippen LogP contribution >= 0.6 is 11.6 Å². The standard InChI is InChI=1S/C23H22ClN3O2/c24-18-12-10-17(11-13-18)14-26-21-8-4-5-9-22(21)27(23(26)25)15-19(28)16-29-20-6-2-1-3-7-20/h1-13,19,25,28H,14-16H2/p+1. The highest BCUT2D eigenvalue weighted by atomic mass is 35.5. The summed E-state index contributed by atoms with van der Waals surface area (Å²) < 4.78 is 9.66. The van der Waals surface area contributed by atoms with Gasteiger partial charge in [-0.05, 0) is 42.0 Å². The van der Waals surface area contributed by atoms with E-state index in [4.69, 9.17) is 22.1 Å². The Balaban J connectivity index is 1.57. The number of benzene rings is 3. The zero-order chi connectivity index (χ0) is 20.2. The fourth-order valence-corrected chi connectivity index (χ4v) is 3.54. The highest BCUT2D eigenvalue weighted by molar-refractivity contribution is 6.30. The number of fused-ring (bicyclic) bond motifs is 1. The van der Waals surface area contributed by atoms with E-state index in [9.17, 15) is 5.11 Å². The second kappa shape index (κ2) is 8.55. The Morgan fingerprint density at radius 1 is 0.966 bits per heavy atom. The average molecular weight is 409 g/mol. The summed E-state index contributed by atoms with van der Waals surface area (Å²) >= 11 is 6.00. The van der Waals surface area contributed by atoms with Crippen molar-refractivity contribution in [1.29, 1.82) is 0 Å². The van der Waals surface area contributed by atoms with Crippen LogP contribution in [0.3, 0.4) is 0 Å². The molecule has 1 atom stereocenters. The number of hydrogen-bond acceptors (Lipinski definition) is 3. The number of nitrogens with two attached hydrogens (primary N) is 1. The Hall–Kier alpha value is -3.02. The number of hydrogen-bond donors (Lipinski definition) is 2. The van der Waals surface area contributed by atoms with Gasteiger partial charge in [-0.15, -0.1) is 0 Å². The third-order valence-electron chi connectivity index (χ3n) is 4.85.